The summed E-state index contributed by atoms with van der Waals surface area (Å²) in [6.07, 6.45) is 4.66. The molecule has 7 fully saturated rings. The monoisotopic (exact) mass is 573 g/mol. The van der Waals surface area contributed by atoms with E-state index >= 15 is 0 Å². The fourth-order valence-corrected chi connectivity index (χ4v) is 9.46. The molecule has 6 atom stereocenters. The number of amides is 2. The van der Waals surface area contributed by atoms with Gasteiger partial charge in [0.1, 0.15) is 6.10 Å². The molecule has 0 spiro atoms. The van der Waals surface area contributed by atoms with Crippen LogP contribution in [0.4, 0.5) is 8.78 Å². The number of ether oxygens (including phenoxy) is 2. The second kappa shape index (κ2) is 8.67. The highest BCUT2D eigenvalue weighted by Gasteiger charge is 2.73. The van der Waals surface area contributed by atoms with Crippen LogP contribution in [0.3, 0.4) is 0 Å². The zero-order valence-corrected chi connectivity index (χ0v) is 22.6. The highest BCUT2D eigenvalue weighted by atomic mass is 32.2. The molecule has 0 aromatic rings. The molecule has 0 aromatic heterocycles. The maximum Gasteiger partial charge on any atom is 0.402 e. The number of hydrogen-bond acceptors (Lipinski definition) is 8. The smallest absolute Gasteiger partial charge is 0.402 e. The molecule has 1 aliphatic heterocycles. The predicted molar refractivity (Wildman–Crippen MR) is 127 cm³/mol. The van der Waals surface area contributed by atoms with Crippen LogP contribution in [0.25, 0.3) is 0 Å². The van der Waals surface area contributed by atoms with Crippen LogP contribution in [0.15, 0.2) is 0 Å². The number of fused-ring (bicyclic) bond motifs is 1. The van der Waals surface area contributed by atoms with Gasteiger partial charge in [-0.3, -0.25) is 28.6 Å². The minimum absolute atomic E-state index is 0.260. The van der Waals surface area contributed by atoms with Crippen molar-refractivity contribution in [3.05, 3.63) is 0 Å². The van der Waals surface area contributed by atoms with Gasteiger partial charge in [0.2, 0.25) is 11.8 Å². The number of esters is 2. The molecule has 10 nitrogen and oxygen atoms in total. The Morgan fingerprint density at radius 1 is 1.05 bits per heavy atom. The van der Waals surface area contributed by atoms with Crippen molar-refractivity contribution in [2.75, 3.05) is 6.61 Å². The van der Waals surface area contributed by atoms with Crippen LogP contribution in [0, 0.1) is 52.8 Å². The molecule has 7 rings (SSSR count). The first-order valence-electron chi connectivity index (χ1n) is 13.7. The SMILES string of the molecule is CC(C)C(=O)OC1C2CC3C(C(=O)N(C(=O)C45CC6CC(CC(C6)C4)C5)C31)C2C(=O)OCC(F)(F)S(=O)(=O)O. The van der Waals surface area contributed by atoms with E-state index in [1.54, 1.807) is 13.8 Å². The van der Waals surface area contributed by atoms with E-state index in [-0.39, 0.29) is 12.3 Å². The second-order valence-electron chi connectivity index (χ2n) is 13.1. The Morgan fingerprint density at radius 3 is 2.13 bits per heavy atom. The summed E-state index contributed by atoms with van der Waals surface area (Å²) in [5.41, 5.74) is -0.660. The van der Waals surface area contributed by atoms with Crippen molar-refractivity contribution in [1.29, 1.82) is 0 Å². The quantitative estimate of drug-likeness (QED) is 0.276. The van der Waals surface area contributed by atoms with Crippen molar-refractivity contribution < 1.29 is 50.4 Å². The molecule has 0 radical (unpaired) electrons. The fraction of sp³-hybridized carbons (Fsp3) is 0.846. The number of halogens is 2. The second-order valence-corrected chi connectivity index (χ2v) is 14.6. The molecule has 6 aliphatic carbocycles. The highest BCUT2D eigenvalue weighted by Crippen LogP contribution is 2.64. The Morgan fingerprint density at radius 2 is 1.62 bits per heavy atom. The number of imide groups is 1. The molecule has 1 N–H and O–H groups in total. The number of rotatable bonds is 7. The van der Waals surface area contributed by atoms with Crippen molar-refractivity contribution >= 4 is 33.9 Å². The molecule has 6 saturated carbocycles. The van der Waals surface area contributed by atoms with Crippen molar-refractivity contribution in [1.82, 2.24) is 4.90 Å². The molecule has 1 saturated heterocycles. The zero-order valence-electron chi connectivity index (χ0n) is 21.8. The standard InChI is InChI=1S/C26H33F2NO9S/c1-11(2)22(31)38-20-16-6-15-17(18(16)23(32)37-10-26(27,28)39(34,35)36)21(30)29(19(15)20)24(33)25-7-12-3-13(8-25)5-14(4-12)9-25/h11-20H,3-10H2,1-2H3,(H,34,35,36). The summed E-state index contributed by atoms with van der Waals surface area (Å²) >= 11 is 0. The lowest BCUT2D eigenvalue weighted by Gasteiger charge is -2.56. The number of carbonyl (C=O) groups is 4. The van der Waals surface area contributed by atoms with Gasteiger partial charge in [-0.05, 0) is 68.6 Å². The lowest BCUT2D eigenvalue weighted by Crippen LogP contribution is -2.58. The van der Waals surface area contributed by atoms with Crippen LogP contribution >= 0.6 is 0 Å². The number of likely N-dealkylation sites (tertiary alicyclic amines) is 1. The van der Waals surface area contributed by atoms with E-state index in [0.29, 0.717) is 37.0 Å². The van der Waals surface area contributed by atoms with Gasteiger partial charge in [0.15, 0.2) is 6.61 Å². The third-order valence-electron chi connectivity index (χ3n) is 10.3. The van der Waals surface area contributed by atoms with Crippen LogP contribution in [-0.2, 0) is 38.8 Å². The molecule has 6 unspecified atom stereocenters. The van der Waals surface area contributed by atoms with Gasteiger partial charge in [-0.2, -0.15) is 17.2 Å². The van der Waals surface area contributed by atoms with Gasteiger partial charge in [-0.25, -0.2) is 0 Å². The van der Waals surface area contributed by atoms with E-state index in [2.05, 4.69) is 4.74 Å². The molecule has 1 heterocycles. The Balaban J connectivity index is 1.30. The van der Waals surface area contributed by atoms with E-state index in [1.807, 2.05) is 0 Å². The number of nitrogens with zero attached hydrogens (tertiary/aromatic N) is 1. The van der Waals surface area contributed by atoms with E-state index in [1.165, 1.54) is 4.90 Å². The average molecular weight is 574 g/mol. The van der Waals surface area contributed by atoms with Crippen LogP contribution in [-0.4, -0.2) is 65.6 Å². The summed E-state index contributed by atoms with van der Waals surface area (Å²) in [4.78, 5) is 55.1. The topological polar surface area (TPSA) is 144 Å². The fourth-order valence-electron chi connectivity index (χ4n) is 9.25. The van der Waals surface area contributed by atoms with Gasteiger partial charge < -0.3 is 9.47 Å². The van der Waals surface area contributed by atoms with Gasteiger partial charge in [-0.15, -0.1) is 0 Å². The summed E-state index contributed by atoms with van der Waals surface area (Å²) in [6, 6.07) is -0.737. The number of alkyl halides is 2. The maximum absolute atomic E-state index is 14.3. The third-order valence-corrected chi connectivity index (χ3v) is 11.2. The lowest BCUT2D eigenvalue weighted by molar-refractivity contribution is -0.172. The molecule has 39 heavy (non-hydrogen) atoms. The van der Waals surface area contributed by atoms with Gasteiger partial charge >= 0.3 is 27.3 Å². The Labute approximate surface area is 224 Å². The largest absolute Gasteiger partial charge is 0.460 e. The van der Waals surface area contributed by atoms with Crippen molar-refractivity contribution in [3.8, 4) is 0 Å². The normalized spacial score (nSPS) is 41.9. The number of carbonyl (C=O) groups excluding carboxylic acids is 4. The van der Waals surface area contributed by atoms with E-state index in [0.717, 1.165) is 19.3 Å². The molecule has 0 aromatic carbocycles. The highest BCUT2D eigenvalue weighted by molar-refractivity contribution is 7.86. The molecule has 216 valence electrons. The first-order chi connectivity index (χ1) is 18.1. The minimum Gasteiger partial charge on any atom is -0.460 e. The summed E-state index contributed by atoms with van der Waals surface area (Å²) in [6.45, 7) is 1.33. The van der Waals surface area contributed by atoms with Crippen LogP contribution in [0.2, 0.25) is 0 Å². The lowest BCUT2D eigenvalue weighted by atomic mass is 9.49. The van der Waals surface area contributed by atoms with Crippen LogP contribution < -0.4 is 0 Å². The molecule has 7 aliphatic rings. The van der Waals surface area contributed by atoms with Crippen molar-refractivity contribution in [3.63, 3.8) is 0 Å². The molecule has 2 amide bonds. The van der Waals surface area contributed by atoms with Gasteiger partial charge in [-0.1, -0.05) is 13.8 Å². The van der Waals surface area contributed by atoms with E-state index in [9.17, 15) is 36.4 Å². The van der Waals surface area contributed by atoms with Gasteiger partial charge in [0, 0.05) is 5.92 Å². The van der Waals surface area contributed by atoms with Gasteiger partial charge in [0.25, 0.3) is 0 Å². The molecular weight excluding hydrogens is 540 g/mol. The van der Waals surface area contributed by atoms with Crippen LogP contribution in [0.5, 0.6) is 0 Å². The van der Waals surface area contributed by atoms with E-state index in [4.69, 9.17) is 9.29 Å². The molecular formula is C26H33F2NO9S. The zero-order chi connectivity index (χ0) is 28.2. The van der Waals surface area contributed by atoms with E-state index < -0.39 is 87.0 Å². The molecule has 6 bridgehead atoms. The summed E-state index contributed by atoms with van der Waals surface area (Å²) in [5.74, 6) is -5.44. The predicted octanol–water partition coefficient (Wildman–Crippen LogP) is 2.41. The molecule has 13 heteroatoms. The number of hydrogen-bond donors (Lipinski definition) is 1. The first-order valence-corrected chi connectivity index (χ1v) is 15.2. The van der Waals surface area contributed by atoms with Gasteiger partial charge in [0.05, 0.1) is 29.2 Å². The first kappa shape index (κ1) is 27.0. The average Bonchev–Trinajstić information content (AvgIpc) is 3.43. The van der Waals surface area contributed by atoms with Crippen molar-refractivity contribution in [2.45, 2.75) is 76.2 Å². The summed E-state index contributed by atoms with van der Waals surface area (Å²) < 4.78 is 68.7. The Bertz CT molecular complexity index is 1200. The third kappa shape index (κ3) is 3.96. The summed E-state index contributed by atoms with van der Waals surface area (Å²) in [5, 5.41) is -4.73. The maximum atomic E-state index is 14.3. The Kier molecular flexibility index (Phi) is 6.01. The van der Waals surface area contributed by atoms with Crippen molar-refractivity contribution in [2.24, 2.45) is 52.8 Å². The summed E-state index contributed by atoms with van der Waals surface area (Å²) in [7, 11) is -5.83. The Hall–Kier alpha value is -2.15. The minimum atomic E-state index is -5.83. The van der Waals surface area contributed by atoms with Crippen LogP contribution in [0.1, 0.15) is 58.8 Å².